The van der Waals surface area contributed by atoms with Gasteiger partial charge in [-0.2, -0.15) is 5.10 Å². The second kappa shape index (κ2) is 6.64. The SMILES string of the molecule is CCOC(=O)C1=NN(C(C)=O)C2(CC(=O)N(c3cccc(Br)c3)C2=O)C1. The van der Waals surface area contributed by atoms with Crippen molar-refractivity contribution in [2.75, 3.05) is 11.5 Å². The smallest absolute Gasteiger partial charge is 0.354 e. The summed E-state index contributed by atoms with van der Waals surface area (Å²) in [6.45, 7) is 3.02. The summed E-state index contributed by atoms with van der Waals surface area (Å²) in [5, 5.41) is 4.93. The number of esters is 1. The molecular weight excluding hydrogens is 406 g/mol. The van der Waals surface area contributed by atoms with Crippen LogP contribution in [0.25, 0.3) is 0 Å². The monoisotopic (exact) mass is 421 g/mol. The van der Waals surface area contributed by atoms with Crippen LogP contribution in [0.5, 0.6) is 0 Å². The van der Waals surface area contributed by atoms with E-state index < -0.39 is 29.2 Å². The number of nitrogens with zero attached hydrogens (tertiary/aromatic N) is 3. The summed E-state index contributed by atoms with van der Waals surface area (Å²) < 4.78 is 5.63. The molecule has 2 aliphatic heterocycles. The minimum atomic E-state index is -1.52. The molecule has 0 bridgehead atoms. The van der Waals surface area contributed by atoms with E-state index in [1.807, 2.05) is 0 Å². The molecule has 3 rings (SSSR count). The molecule has 1 unspecified atom stereocenters. The number of hydrogen-bond donors (Lipinski definition) is 0. The van der Waals surface area contributed by atoms with E-state index in [2.05, 4.69) is 21.0 Å². The number of ether oxygens (including phenoxy) is 1. The highest BCUT2D eigenvalue weighted by Gasteiger charge is 2.61. The second-order valence-electron chi connectivity index (χ2n) is 6.00. The van der Waals surface area contributed by atoms with Gasteiger partial charge in [-0.05, 0) is 25.1 Å². The summed E-state index contributed by atoms with van der Waals surface area (Å²) in [4.78, 5) is 50.9. The Morgan fingerprint density at radius 2 is 2.04 bits per heavy atom. The zero-order valence-corrected chi connectivity index (χ0v) is 15.8. The average Bonchev–Trinajstić information content (AvgIpc) is 3.07. The van der Waals surface area contributed by atoms with E-state index >= 15 is 0 Å². The van der Waals surface area contributed by atoms with E-state index in [-0.39, 0.29) is 25.2 Å². The molecule has 0 radical (unpaired) electrons. The number of benzene rings is 1. The van der Waals surface area contributed by atoms with Crippen molar-refractivity contribution < 1.29 is 23.9 Å². The van der Waals surface area contributed by atoms with Crippen molar-refractivity contribution in [3.8, 4) is 0 Å². The molecule has 1 atom stereocenters. The maximum Gasteiger partial charge on any atom is 0.354 e. The maximum atomic E-state index is 13.2. The van der Waals surface area contributed by atoms with Crippen LogP contribution < -0.4 is 4.90 Å². The van der Waals surface area contributed by atoms with Crippen molar-refractivity contribution in [3.05, 3.63) is 28.7 Å². The number of halogens is 1. The number of carbonyl (C=O) groups is 4. The predicted molar refractivity (Wildman–Crippen MR) is 95.2 cm³/mol. The Kier molecular flexibility index (Phi) is 4.66. The number of carbonyl (C=O) groups excluding carboxylic acids is 4. The van der Waals surface area contributed by atoms with Gasteiger partial charge < -0.3 is 4.74 Å². The van der Waals surface area contributed by atoms with E-state index in [0.29, 0.717) is 10.2 Å². The Morgan fingerprint density at radius 3 is 2.65 bits per heavy atom. The fourth-order valence-corrected chi connectivity index (χ4v) is 3.60. The van der Waals surface area contributed by atoms with Crippen LogP contribution in [0.3, 0.4) is 0 Å². The van der Waals surface area contributed by atoms with Crippen LogP contribution in [0.2, 0.25) is 0 Å². The van der Waals surface area contributed by atoms with E-state index in [4.69, 9.17) is 4.74 Å². The molecule has 1 spiro atoms. The number of imide groups is 1. The van der Waals surface area contributed by atoms with Gasteiger partial charge in [-0.1, -0.05) is 22.0 Å². The molecule has 26 heavy (non-hydrogen) atoms. The fourth-order valence-electron chi connectivity index (χ4n) is 3.21. The summed E-state index contributed by atoms with van der Waals surface area (Å²) in [5.74, 6) is -2.27. The zero-order valence-electron chi connectivity index (χ0n) is 14.2. The lowest BCUT2D eigenvalue weighted by Crippen LogP contribution is -2.51. The van der Waals surface area contributed by atoms with Crippen LogP contribution in [0.1, 0.15) is 26.7 Å². The molecule has 1 aromatic carbocycles. The number of hydrogen-bond acceptors (Lipinski definition) is 6. The Labute approximate surface area is 157 Å². The minimum Gasteiger partial charge on any atom is -0.461 e. The Bertz CT molecular complexity index is 853. The van der Waals surface area contributed by atoms with Gasteiger partial charge in [0.25, 0.3) is 5.91 Å². The summed E-state index contributed by atoms with van der Waals surface area (Å²) in [7, 11) is 0. The molecule has 8 nitrogen and oxygen atoms in total. The lowest BCUT2D eigenvalue weighted by Gasteiger charge is -2.28. The lowest BCUT2D eigenvalue weighted by atomic mass is 9.91. The summed E-state index contributed by atoms with van der Waals surface area (Å²) in [5.41, 5.74) is -1.17. The van der Waals surface area contributed by atoms with Crippen molar-refractivity contribution in [1.29, 1.82) is 0 Å². The maximum absolute atomic E-state index is 13.2. The predicted octanol–water partition coefficient (Wildman–Crippen LogP) is 1.62. The molecule has 9 heteroatoms. The molecule has 0 aliphatic carbocycles. The average molecular weight is 422 g/mol. The van der Waals surface area contributed by atoms with Crippen LogP contribution in [-0.4, -0.2) is 46.6 Å². The Balaban J connectivity index is 1.99. The normalized spacial score (nSPS) is 22.2. The molecule has 1 fully saturated rings. The molecule has 0 saturated carbocycles. The van der Waals surface area contributed by atoms with E-state index in [1.54, 1.807) is 31.2 Å². The van der Waals surface area contributed by atoms with Gasteiger partial charge in [0.2, 0.25) is 11.8 Å². The molecule has 0 N–H and O–H groups in total. The van der Waals surface area contributed by atoms with Crippen LogP contribution >= 0.6 is 15.9 Å². The molecule has 136 valence electrons. The molecule has 3 amide bonds. The van der Waals surface area contributed by atoms with Gasteiger partial charge in [-0.15, -0.1) is 0 Å². The van der Waals surface area contributed by atoms with E-state index in [1.165, 1.54) is 6.92 Å². The molecule has 0 aromatic heterocycles. The van der Waals surface area contributed by atoms with Gasteiger partial charge in [0.05, 0.1) is 18.7 Å². The number of hydrazone groups is 1. The third-order valence-corrected chi connectivity index (χ3v) is 4.75. The fraction of sp³-hybridized carbons (Fsp3) is 0.353. The minimum absolute atomic E-state index is 0.0423. The summed E-state index contributed by atoms with van der Waals surface area (Å²) in [6.07, 6.45) is -0.398. The largest absolute Gasteiger partial charge is 0.461 e. The van der Waals surface area contributed by atoms with Crippen molar-refractivity contribution in [1.82, 2.24) is 5.01 Å². The first-order valence-corrected chi connectivity index (χ1v) is 8.78. The third kappa shape index (κ3) is 2.82. The topological polar surface area (TPSA) is 96.3 Å². The molecule has 2 aliphatic rings. The van der Waals surface area contributed by atoms with Gasteiger partial charge in [0, 0.05) is 17.8 Å². The highest BCUT2D eigenvalue weighted by Crippen LogP contribution is 2.41. The molecule has 2 heterocycles. The van der Waals surface area contributed by atoms with Crippen molar-refractivity contribution in [2.45, 2.75) is 32.2 Å². The van der Waals surface area contributed by atoms with Crippen LogP contribution in [0.15, 0.2) is 33.8 Å². The number of amides is 3. The van der Waals surface area contributed by atoms with Gasteiger partial charge in [-0.3, -0.25) is 14.4 Å². The third-order valence-electron chi connectivity index (χ3n) is 4.26. The first kappa shape index (κ1) is 18.2. The van der Waals surface area contributed by atoms with Crippen molar-refractivity contribution in [2.24, 2.45) is 5.10 Å². The molecule has 1 aromatic rings. The highest BCUT2D eigenvalue weighted by molar-refractivity contribution is 9.10. The van der Waals surface area contributed by atoms with E-state index in [0.717, 1.165) is 9.91 Å². The molecule has 1 saturated heterocycles. The van der Waals surface area contributed by atoms with Gasteiger partial charge in [-0.25, -0.2) is 14.7 Å². The highest BCUT2D eigenvalue weighted by atomic mass is 79.9. The van der Waals surface area contributed by atoms with Crippen molar-refractivity contribution >= 4 is 51.0 Å². The summed E-state index contributed by atoms with van der Waals surface area (Å²) >= 11 is 3.31. The summed E-state index contributed by atoms with van der Waals surface area (Å²) in [6, 6.07) is 6.72. The van der Waals surface area contributed by atoms with Crippen LogP contribution in [-0.2, 0) is 23.9 Å². The molecular formula is C17H16BrN3O5. The Hall–Kier alpha value is -2.55. The van der Waals surface area contributed by atoms with Crippen molar-refractivity contribution in [3.63, 3.8) is 0 Å². The zero-order chi connectivity index (χ0) is 19.1. The van der Waals surface area contributed by atoms with Gasteiger partial charge in [0.15, 0.2) is 5.54 Å². The van der Waals surface area contributed by atoms with Gasteiger partial charge in [0.1, 0.15) is 5.71 Å². The number of rotatable bonds is 3. The number of anilines is 1. The second-order valence-corrected chi connectivity index (χ2v) is 6.91. The Morgan fingerprint density at radius 1 is 1.31 bits per heavy atom. The standard InChI is InChI=1S/C17H16BrN3O5/c1-3-26-15(24)13-8-17(21(19-13)10(2)22)9-14(23)20(16(17)25)12-6-4-5-11(18)7-12/h4-7H,3,8-9H2,1-2H3. The lowest BCUT2D eigenvalue weighted by molar-refractivity contribution is -0.141. The quantitative estimate of drug-likeness (QED) is 0.545. The first-order valence-electron chi connectivity index (χ1n) is 7.98. The van der Waals surface area contributed by atoms with Crippen LogP contribution in [0.4, 0.5) is 5.69 Å². The first-order chi connectivity index (χ1) is 12.3. The van der Waals surface area contributed by atoms with Crippen LogP contribution in [0, 0.1) is 0 Å². The van der Waals surface area contributed by atoms with E-state index in [9.17, 15) is 19.2 Å². The van der Waals surface area contributed by atoms with Gasteiger partial charge >= 0.3 is 5.97 Å².